The van der Waals surface area contributed by atoms with Gasteiger partial charge in [-0.1, -0.05) is 11.8 Å². The second-order valence-corrected chi connectivity index (χ2v) is 10.3. The second-order valence-electron chi connectivity index (χ2n) is 9.22. The summed E-state index contributed by atoms with van der Waals surface area (Å²) < 4.78 is 52.6. The van der Waals surface area contributed by atoms with E-state index in [9.17, 15) is 4.79 Å². The second kappa shape index (κ2) is 8.80. The van der Waals surface area contributed by atoms with Crippen molar-refractivity contribution in [2.75, 3.05) is 17.7 Å². The van der Waals surface area contributed by atoms with Gasteiger partial charge in [0.15, 0.2) is 11.0 Å². The fourth-order valence-corrected chi connectivity index (χ4v) is 5.89. The lowest BCUT2D eigenvalue weighted by Gasteiger charge is -2.37. The fourth-order valence-electron chi connectivity index (χ4n) is 4.87. The number of nitrogens with zero attached hydrogens (tertiary/aromatic N) is 6. The van der Waals surface area contributed by atoms with E-state index < -0.39 is 41.1 Å². The van der Waals surface area contributed by atoms with Crippen molar-refractivity contribution in [1.82, 2.24) is 24.7 Å². The first kappa shape index (κ1) is 23.9. The summed E-state index contributed by atoms with van der Waals surface area (Å²) in [5.74, 6) is -5.24. The minimum atomic E-state index is -3.05. The number of rotatable bonds is 6. The molecule has 10 nitrogen and oxygen atoms in total. The van der Waals surface area contributed by atoms with Gasteiger partial charge in [0.2, 0.25) is 0 Å². The van der Waals surface area contributed by atoms with E-state index in [2.05, 4.69) is 30.4 Å². The molecule has 1 amide bonds. The fraction of sp³-hybridized carbons (Fsp3) is 0.391. The minimum Gasteiger partial charge on any atom is -0.379 e. The van der Waals surface area contributed by atoms with Crippen molar-refractivity contribution in [3.05, 3.63) is 60.3 Å². The molecule has 1 aliphatic carbocycles. The zero-order chi connectivity index (χ0) is 25.8. The Morgan fingerprint density at radius 1 is 1.27 bits per heavy atom. The summed E-state index contributed by atoms with van der Waals surface area (Å²) in [5.41, 5.74) is 4.84. The largest absolute Gasteiger partial charge is 0.379 e. The third kappa shape index (κ3) is 4.13. The quantitative estimate of drug-likeness (QED) is 0.497. The summed E-state index contributed by atoms with van der Waals surface area (Å²) in [6.07, 6.45) is 4.87. The van der Waals surface area contributed by atoms with Crippen LogP contribution in [0, 0.1) is 17.7 Å². The molecule has 3 N–H and O–H groups in total. The number of hydrogen-bond donors (Lipinski definition) is 2. The third-order valence-electron chi connectivity index (χ3n) is 6.90. The molecule has 37 heavy (non-hydrogen) atoms. The molecule has 0 radical (unpaired) electrons. The molecule has 14 heteroatoms. The van der Waals surface area contributed by atoms with E-state index in [1.807, 2.05) is 0 Å². The zero-order valence-electron chi connectivity index (χ0n) is 19.2. The van der Waals surface area contributed by atoms with E-state index in [0.29, 0.717) is 18.7 Å². The number of carbonyl (C=O) groups excluding carboxylic acids is 1. The Kier molecular flexibility index (Phi) is 5.67. The van der Waals surface area contributed by atoms with Gasteiger partial charge in [-0.15, -0.1) is 0 Å². The zero-order valence-corrected chi connectivity index (χ0v) is 20.0. The van der Waals surface area contributed by atoms with Crippen molar-refractivity contribution in [2.24, 2.45) is 22.6 Å². The minimum absolute atomic E-state index is 0.00968. The summed E-state index contributed by atoms with van der Waals surface area (Å²) >= 11 is 1.15. The molecule has 4 heterocycles. The van der Waals surface area contributed by atoms with Crippen molar-refractivity contribution >= 4 is 28.5 Å². The number of nitrogens with one attached hydrogen (secondary N) is 1. The summed E-state index contributed by atoms with van der Waals surface area (Å²) in [4.78, 5) is 29.4. The van der Waals surface area contributed by atoms with Crippen molar-refractivity contribution in [3.63, 3.8) is 0 Å². The average molecular weight is 531 g/mol. The lowest BCUT2D eigenvalue weighted by atomic mass is 9.76. The van der Waals surface area contributed by atoms with Crippen LogP contribution in [0.2, 0.25) is 0 Å². The SMILES string of the molecule is NC1=N[C@@]2(c3cc(NC(=O)c4cnc(-n5cncn5)cn4)ccc3F)COC(C(F)(F)C3CC3)C2CS1. The van der Waals surface area contributed by atoms with Gasteiger partial charge in [-0.2, -0.15) is 5.10 Å². The van der Waals surface area contributed by atoms with Gasteiger partial charge in [-0.25, -0.2) is 37.8 Å². The predicted molar refractivity (Wildman–Crippen MR) is 128 cm³/mol. The average Bonchev–Trinajstić information content (AvgIpc) is 3.48. The summed E-state index contributed by atoms with van der Waals surface area (Å²) in [5, 5.41) is 6.78. The highest BCUT2D eigenvalue weighted by molar-refractivity contribution is 8.13. The lowest BCUT2D eigenvalue weighted by molar-refractivity contribution is -0.141. The van der Waals surface area contributed by atoms with Gasteiger partial charge in [-0.3, -0.25) is 4.79 Å². The number of aliphatic imine (C=N–C) groups is 1. The van der Waals surface area contributed by atoms with Crippen LogP contribution in [0.1, 0.15) is 28.9 Å². The Morgan fingerprint density at radius 2 is 2.11 bits per heavy atom. The first-order valence-corrected chi connectivity index (χ1v) is 12.5. The Balaban J connectivity index is 1.29. The number of ether oxygens (including phenoxy) is 1. The number of benzene rings is 1. The first-order valence-electron chi connectivity index (χ1n) is 11.5. The Labute approximate surface area is 212 Å². The van der Waals surface area contributed by atoms with Crippen molar-refractivity contribution < 1.29 is 22.7 Å². The van der Waals surface area contributed by atoms with Crippen LogP contribution in [-0.2, 0) is 10.3 Å². The molecule has 0 bridgehead atoms. The first-order chi connectivity index (χ1) is 17.8. The monoisotopic (exact) mass is 530 g/mol. The highest BCUT2D eigenvalue weighted by atomic mass is 32.2. The maximum Gasteiger partial charge on any atom is 0.276 e. The number of anilines is 1. The number of alkyl halides is 2. The number of nitrogens with two attached hydrogens (primary N) is 1. The van der Waals surface area contributed by atoms with E-state index >= 15 is 13.2 Å². The lowest BCUT2D eigenvalue weighted by Crippen LogP contribution is -2.48. The Morgan fingerprint density at radius 3 is 2.81 bits per heavy atom. The highest BCUT2D eigenvalue weighted by Crippen LogP contribution is 2.56. The normalized spacial score (nSPS) is 25.4. The molecule has 3 aliphatic rings. The number of amides is 1. The van der Waals surface area contributed by atoms with Gasteiger partial charge in [0.25, 0.3) is 11.8 Å². The molecule has 1 saturated heterocycles. The van der Waals surface area contributed by atoms with Crippen molar-refractivity contribution in [1.29, 1.82) is 0 Å². The van der Waals surface area contributed by atoms with Crippen LogP contribution >= 0.6 is 11.8 Å². The van der Waals surface area contributed by atoms with E-state index in [1.54, 1.807) is 0 Å². The number of hydrogen-bond acceptors (Lipinski definition) is 9. The molecule has 1 aromatic carbocycles. The third-order valence-corrected chi connectivity index (χ3v) is 7.81. The molecule has 6 rings (SSSR count). The summed E-state index contributed by atoms with van der Waals surface area (Å²) in [6, 6.07) is 3.93. The van der Waals surface area contributed by atoms with Gasteiger partial charge >= 0.3 is 0 Å². The smallest absolute Gasteiger partial charge is 0.276 e. The molecule has 2 unspecified atom stereocenters. The molecule has 2 aliphatic heterocycles. The standard InChI is InChI=1S/C23H21F3N8O2S/c24-16-4-3-13(32-20(35)17-6-30-18(7-29-17)34-11-28-10-31-34)5-14(16)22-9-36-19(23(25,26)12-1-2-12)15(22)8-37-21(27)33-22/h3-7,10-12,15,19H,1-2,8-9H2,(H2,27,33)(H,32,35)/t15?,19?,22-/m1/s1. The maximum absolute atomic E-state index is 15.2. The van der Waals surface area contributed by atoms with Crippen molar-refractivity contribution in [2.45, 2.75) is 30.4 Å². The molecule has 3 aromatic rings. The molecule has 1 saturated carbocycles. The molecule has 3 atom stereocenters. The number of amidine groups is 1. The summed E-state index contributed by atoms with van der Waals surface area (Å²) in [7, 11) is 0. The van der Waals surface area contributed by atoms with Crippen LogP contribution in [0.4, 0.5) is 18.9 Å². The van der Waals surface area contributed by atoms with Gasteiger partial charge in [0.1, 0.15) is 35.8 Å². The van der Waals surface area contributed by atoms with Gasteiger partial charge in [0.05, 0.1) is 19.0 Å². The number of halogens is 3. The van der Waals surface area contributed by atoms with Crippen LogP contribution in [0.25, 0.3) is 5.82 Å². The molecule has 2 fully saturated rings. The van der Waals surface area contributed by atoms with Crippen LogP contribution in [-0.4, -0.2) is 60.2 Å². The van der Waals surface area contributed by atoms with Crippen LogP contribution in [0.3, 0.4) is 0 Å². The number of fused-ring (bicyclic) bond motifs is 1. The van der Waals surface area contributed by atoms with E-state index in [1.165, 1.54) is 41.9 Å². The topological polar surface area (TPSA) is 133 Å². The Bertz CT molecular complexity index is 1370. The number of carbonyl (C=O) groups is 1. The molecule has 2 aromatic heterocycles. The molecule has 0 spiro atoms. The highest BCUT2D eigenvalue weighted by Gasteiger charge is 2.64. The van der Waals surface area contributed by atoms with E-state index in [-0.39, 0.29) is 34.5 Å². The molecular weight excluding hydrogens is 509 g/mol. The van der Waals surface area contributed by atoms with Gasteiger partial charge in [0, 0.05) is 28.8 Å². The number of aromatic nitrogens is 5. The van der Waals surface area contributed by atoms with Gasteiger partial charge in [-0.05, 0) is 31.0 Å². The van der Waals surface area contributed by atoms with Crippen LogP contribution in [0.15, 0.2) is 48.2 Å². The van der Waals surface area contributed by atoms with E-state index in [4.69, 9.17) is 10.5 Å². The molecular formula is C23H21F3N8O2S. The predicted octanol–water partition coefficient (Wildman–Crippen LogP) is 2.77. The van der Waals surface area contributed by atoms with Crippen LogP contribution in [0.5, 0.6) is 0 Å². The Hall–Kier alpha value is -3.52. The van der Waals surface area contributed by atoms with Gasteiger partial charge < -0.3 is 15.8 Å². The maximum atomic E-state index is 15.2. The van der Waals surface area contributed by atoms with Crippen LogP contribution < -0.4 is 11.1 Å². The van der Waals surface area contributed by atoms with E-state index in [0.717, 1.165) is 17.8 Å². The van der Waals surface area contributed by atoms with Crippen molar-refractivity contribution in [3.8, 4) is 5.82 Å². The number of thioether (sulfide) groups is 1. The summed E-state index contributed by atoms with van der Waals surface area (Å²) in [6.45, 7) is -0.241. The molecule has 192 valence electrons.